The van der Waals surface area contributed by atoms with Crippen molar-refractivity contribution in [1.29, 1.82) is 1.28 Å². The Labute approximate surface area is 32.8 Å². The van der Waals surface area contributed by atoms with Crippen LogP contribution in [-0.2, 0) is 0 Å². The number of hydrogen-bond donors (Lipinski definition) is 0. The second-order valence-electron chi connectivity index (χ2n) is 0.632. The third-order valence-electron chi connectivity index (χ3n) is 0.316. The second kappa shape index (κ2) is 3.62. The number of hydrogen-bond acceptors (Lipinski definition) is 0. The van der Waals surface area contributed by atoms with Gasteiger partial charge in [-0.05, 0) is 0 Å². The van der Waals surface area contributed by atoms with Crippen molar-refractivity contribution in [3.05, 3.63) is 0 Å². The summed E-state index contributed by atoms with van der Waals surface area (Å²) in [7, 11) is 3.65. The topological polar surface area (TPSA) is 0 Å². The predicted molar refractivity (Wildman–Crippen MR) is 32.6 cm³/mol. The van der Waals surface area contributed by atoms with Gasteiger partial charge in [0, 0.05) is 1.28 Å². The van der Waals surface area contributed by atoms with Gasteiger partial charge in [-0.1, -0.05) is 0 Å². The molecule has 20 valence electrons. The van der Waals surface area contributed by atoms with E-state index in [0.717, 1.165) is 6.89 Å². The maximum Gasteiger partial charge on any atom is 0.119 e. The van der Waals surface area contributed by atoms with Gasteiger partial charge in [-0.15, -0.1) is 0 Å². The molecule has 0 heterocycles. The van der Waals surface area contributed by atoms with Crippen LogP contribution < -0.4 is 0 Å². The van der Waals surface area contributed by atoms with Gasteiger partial charge in [0.2, 0.25) is 0 Å². The molecule has 0 aliphatic heterocycles. The molecule has 0 saturated carbocycles. The Morgan fingerprint density at radius 2 is 2.50 bits per heavy atom. The van der Waals surface area contributed by atoms with E-state index in [-0.39, 0.29) is 8.28 Å². The van der Waals surface area contributed by atoms with Crippen molar-refractivity contribution >= 4 is 30.5 Å². The van der Waals surface area contributed by atoms with Crippen LogP contribution >= 0.6 is 8.28 Å². The first-order valence-electron chi connectivity index (χ1n) is 1.92. The third kappa shape index (κ3) is 2.62. The summed E-state index contributed by atoms with van der Waals surface area (Å²) in [5, 5.41) is 0. The summed E-state index contributed by atoms with van der Waals surface area (Å²) in [4.78, 5) is 0. The van der Waals surface area contributed by atoms with E-state index in [1.54, 1.807) is 0 Å². The van der Waals surface area contributed by atoms with E-state index >= 15 is 0 Å². The normalized spacial score (nSPS) is 17.5. The lowest BCUT2D eigenvalue weighted by Gasteiger charge is -1.64. The van der Waals surface area contributed by atoms with E-state index in [4.69, 9.17) is 1.28 Å². The summed E-state index contributed by atoms with van der Waals surface area (Å²) in [6, 6.07) is 0. The Morgan fingerprint density at radius 1 is 2.25 bits per heavy atom. The van der Waals surface area contributed by atoms with Crippen molar-refractivity contribution in [1.82, 2.24) is 0 Å². The van der Waals surface area contributed by atoms with Crippen LogP contribution in [-0.4, -0.2) is 23.5 Å². The van der Waals surface area contributed by atoms with E-state index in [1.807, 2.05) is 15.3 Å². The summed E-state index contributed by atoms with van der Waals surface area (Å²) in [6.07, 6.45) is 0. The van der Waals surface area contributed by atoms with Crippen molar-refractivity contribution in [2.45, 2.75) is 0 Å². The van der Waals surface area contributed by atoms with Crippen molar-refractivity contribution in [3.63, 3.8) is 0 Å². The molecule has 0 fully saturated rings. The van der Waals surface area contributed by atoms with Crippen molar-refractivity contribution in [2.75, 3.05) is 0 Å². The van der Waals surface area contributed by atoms with E-state index in [9.17, 15) is 0 Å². The van der Waals surface area contributed by atoms with Crippen LogP contribution in [0.1, 0.15) is 0 Å². The maximum absolute atomic E-state index is 6.89. The van der Waals surface area contributed by atoms with Gasteiger partial charge in [0.1, 0.15) is 7.57 Å². The summed E-state index contributed by atoms with van der Waals surface area (Å²) >= 11 is 0. The Balaban J connectivity index is 2.54. The highest BCUT2D eigenvalue weighted by molar-refractivity contribution is 7.95. The molecular weight excluding hydrogens is 63.4 g/mol. The van der Waals surface area contributed by atoms with Crippen LogP contribution in [0.4, 0.5) is 0 Å². The minimum absolute atomic E-state index is 0.348. The van der Waals surface area contributed by atoms with Gasteiger partial charge in [-0.25, -0.2) is 8.28 Å². The lowest BCUT2D eigenvalue weighted by Crippen LogP contribution is -1.70. The lowest BCUT2D eigenvalue weighted by atomic mass is 9.79. The van der Waals surface area contributed by atoms with Gasteiger partial charge in [-0.2, -0.15) is 0 Å². The highest BCUT2D eigenvalue weighted by Gasteiger charge is 1.62. The summed E-state index contributed by atoms with van der Waals surface area (Å²) < 4.78 is 6.89. The molecule has 0 nitrogen and oxygen atoms in total. The Hall–Kier alpha value is 0.625. The molecule has 1 unspecified atom stereocenters. The highest BCUT2D eigenvalue weighted by atomic mass is 31.1. The summed E-state index contributed by atoms with van der Waals surface area (Å²) in [5.74, 6) is 0. The average Bonchev–Trinajstić information content (AvgIpc) is 1.38. The van der Waals surface area contributed by atoms with Crippen LogP contribution in [0.15, 0.2) is 0 Å². The number of rotatable bonds is 1. The van der Waals surface area contributed by atoms with Gasteiger partial charge in [0.25, 0.3) is 0 Å². The molecule has 0 aromatic heterocycles. The van der Waals surface area contributed by atoms with Crippen LogP contribution in [0, 0.1) is 0 Å². The van der Waals surface area contributed by atoms with Crippen LogP contribution in [0.2, 0.25) is 0 Å². The molecule has 0 aliphatic carbocycles. The van der Waals surface area contributed by atoms with Crippen molar-refractivity contribution in [3.8, 4) is 0 Å². The van der Waals surface area contributed by atoms with Crippen LogP contribution in [0.3, 0.4) is 0 Å². The first-order chi connectivity index (χ1) is 2.27. The molecule has 0 aromatic rings. The molecule has 0 radical (unpaired) electrons. The molecule has 0 aromatic carbocycles. The van der Waals surface area contributed by atoms with Gasteiger partial charge in [0.05, 0.1) is 14.6 Å². The molecule has 4 heteroatoms. The lowest BCUT2D eigenvalue weighted by molar-refractivity contribution is 4.43. The minimum Gasteiger partial charge on any atom is -0.206 e. The van der Waals surface area contributed by atoms with E-state index in [1.165, 1.54) is 0 Å². The van der Waals surface area contributed by atoms with Crippen molar-refractivity contribution in [2.24, 2.45) is 0 Å². The van der Waals surface area contributed by atoms with E-state index in [0.29, 0.717) is 0 Å². The fourth-order valence-electron chi connectivity index (χ4n) is 0. The third-order valence-corrected chi connectivity index (χ3v) is 0.949. The smallest absolute Gasteiger partial charge is 0.119 e. The fraction of sp³-hybridized carbons (Fsp3) is 0. The molecule has 0 N–H and O–H groups in total. The van der Waals surface area contributed by atoms with Crippen LogP contribution in [0.5, 0.6) is 0 Å². The largest absolute Gasteiger partial charge is 0.206 e. The highest BCUT2D eigenvalue weighted by Crippen LogP contribution is 1.86. The first kappa shape index (κ1) is 2.84. The van der Waals surface area contributed by atoms with Gasteiger partial charge >= 0.3 is 0 Å². The fourth-order valence-corrected chi connectivity index (χ4v) is 0. The molecule has 0 aliphatic rings. The molecule has 0 spiro atoms. The summed E-state index contributed by atoms with van der Waals surface area (Å²) in [6.45, 7) is 1.04. The predicted octanol–water partition coefficient (Wildman–Crippen LogP) is -1.89. The summed E-state index contributed by atoms with van der Waals surface area (Å²) in [5.41, 5.74) is 0. The Kier molecular flexibility index (Phi) is 2.57. The van der Waals surface area contributed by atoms with Gasteiger partial charge < -0.3 is 0 Å². The zero-order valence-electron chi connectivity index (χ0n) is 4.15. The first-order valence-corrected chi connectivity index (χ1v) is 3.00. The molecule has 0 amide bonds. The standard InChI is InChI=1S/B3H6P/c1-3-4-2/h3-4H,1-2H2/i4T. The maximum atomic E-state index is 6.89. The molecule has 0 rings (SSSR count). The zero-order valence-corrected chi connectivity index (χ0v) is 4.05. The van der Waals surface area contributed by atoms with Gasteiger partial charge in [0.15, 0.2) is 0 Å². The van der Waals surface area contributed by atoms with Crippen molar-refractivity contribution < 1.29 is 0 Å². The molecule has 0 saturated heterocycles. The van der Waals surface area contributed by atoms with E-state index < -0.39 is 0 Å². The SMILES string of the molecule is [3H]P(B)BB. The Morgan fingerprint density at radius 3 is 2.50 bits per heavy atom. The zero-order chi connectivity index (χ0) is 4.28. The quantitative estimate of drug-likeness (QED) is 0.251. The second-order valence-corrected chi connectivity index (χ2v) is 1.90. The molecular formula is H6B3P. The molecule has 1 atom stereocenters. The Bertz CT molecular complexity index is 20.9. The monoisotopic (exact) mass is 72.1 g/mol. The van der Waals surface area contributed by atoms with Crippen LogP contribution in [0.25, 0.3) is 0 Å². The minimum atomic E-state index is -0.348. The molecule has 0 bridgehead atoms. The van der Waals surface area contributed by atoms with E-state index in [2.05, 4.69) is 0 Å². The average molecular weight is 71.5 g/mol. The van der Waals surface area contributed by atoms with Gasteiger partial charge in [-0.3, -0.25) is 0 Å². The molecule has 4 heavy (non-hydrogen) atoms.